The summed E-state index contributed by atoms with van der Waals surface area (Å²) in [6, 6.07) is 0.193. The smallest absolute Gasteiger partial charge is 0.223 e. The van der Waals surface area contributed by atoms with Gasteiger partial charge in [-0.15, -0.1) is 0 Å². The van der Waals surface area contributed by atoms with E-state index in [-0.39, 0.29) is 17.8 Å². The number of ether oxygens (including phenoxy) is 1. The molecule has 20 heavy (non-hydrogen) atoms. The molecule has 0 aromatic rings. The number of amidine groups is 1. The number of carbonyl (C=O) groups is 1. The van der Waals surface area contributed by atoms with Crippen molar-refractivity contribution in [2.75, 3.05) is 26.7 Å². The van der Waals surface area contributed by atoms with Crippen LogP contribution in [0.1, 0.15) is 33.1 Å². The second kappa shape index (κ2) is 7.44. The summed E-state index contributed by atoms with van der Waals surface area (Å²) in [6.07, 6.45) is 2.10. The van der Waals surface area contributed by atoms with Crippen molar-refractivity contribution in [3.8, 4) is 0 Å². The number of oxime groups is 1. The lowest BCUT2D eigenvalue weighted by Crippen LogP contribution is -2.47. The number of hydrogen-bond acceptors (Lipinski definition) is 5. The molecule has 0 aromatic heterocycles. The maximum atomic E-state index is 11.9. The summed E-state index contributed by atoms with van der Waals surface area (Å²) < 4.78 is 5.25. The molecule has 116 valence electrons. The molecular weight excluding hydrogens is 260 g/mol. The summed E-state index contributed by atoms with van der Waals surface area (Å²) in [5.41, 5.74) is 5.04. The Morgan fingerprint density at radius 3 is 2.60 bits per heavy atom. The highest BCUT2D eigenvalue weighted by atomic mass is 16.5. The van der Waals surface area contributed by atoms with Crippen LogP contribution in [0.4, 0.5) is 0 Å². The van der Waals surface area contributed by atoms with E-state index in [1.807, 2.05) is 13.8 Å². The number of carbonyl (C=O) groups excluding carboxylic acids is 1. The zero-order chi connectivity index (χ0) is 15.2. The molecule has 1 amide bonds. The van der Waals surface area contributed by atoms with Crippen LogP contribution in [0.3, 0.4) is 0 Å². The summed E-state index contributed by atoms with van der Waals surface area (Å²) in [4.78, 5) is 14.0. The number of nitrogens with one attached hydrogen (secondary N) is 1. The molecule has 0 aromatic carbocycles. The van der Waals surface area contributed by atoms with E-state index in [4.69, 9.17) is 15.7 Å². The van der Waals surface area contributed by atoms with Crippen LogP contribution in [0, 0.1) is 0 Å². The zero-order valence-electron chi connectivity index (χ0n) is 12.6. The van der Waals surface area contributed by atoms with E-state index in [0.717, 1.165) is 25.9 Å². The van der Waals surface area contributed by atoms with Gasteiger partial charge in [0, 0.05) is 26.2 Å². The first-order chi connectivity index (χ1) is 9.36. The van der Waals surface area contributed by atoms with Gasteiger partial charge >= 0.3 is 0 Å². The summed E-state index contributed by atoms with van der Waals surface area (Å²) in [5.74, 6) is 0.237. The van der Waals surface area contributed by atoms with E-state index in [1.165, 1.54) is 0 Å². The number of methoxy groups -OCH3 is 1. The van der Waals surface area contributed by atoms with Crippen LogP contribution in [0.15, 0.2) is 5.16 Å². The molecule has 1 fully saturated rings. The molecule has 1 aliphatic heterocycles. The third-order valence-corrected chi connectivity index (χ3v) is 3.61. The second-order valence-electron chi connectivity index (χ2n) is 5.85. The molecule has 0 unspecified atom stereocenters. The van der Waals surface area contributed by atoms with Gasteiger partial charge in [-0.25, -0.2) is 0 Å². The Kier molecular flexibility index (Phi) is 6.22. The average Bonchev–Trinajstić information content (AvgIpc) is 2.40. The van der Waals surface area contributed by atoms with E-state index in [0.29, 0.717) is 13.0 Å². The van der Waals surface area contributed by atoms with Gasteiger partial charge in [0.25, 0.3) is 0 Å². The predicted octanol–water partition coefficient (Wildman–Crippen LogP) is 0.129. The summed E-state index contributed by atoms with van der Waals surface area (Å²) >= 11 is 0. The molecule has 4 N–H and O–H groups in total. The first kappa shape index (κ1) is 16.7. The van der Waals surface area contributed by atoms with Crippen molar-refractivity contribution in [3.05, 3.63) is 0 Å². The summed E-state index contributed by atoms with van der Waals surface area (Å²) in [7, 11) is 1.61. The van der Waals surface area contributed by atoms with Gasteiger partial charge in [-0.3, -0.25) is 9.69 Å². The largest absolute Gasteiger partial charge is 0.409 e. The SMILES string of the molecule is COC(C)(C)CC(=O)NC1CCN(CC(N)=NO)CC1. The van der Waals surface area contributed by atoms with E-state index in [1.54, 1.807) is 7.11 Å². The first-order valence-corrected chi connectivity index (χ1v) is 6.89. The fraction of sp³-hybridized carbons (Fsp3) is 0.846. The lowest BCUT2D eigenvalue weighted by molar-refractivity contribution is -0.127. The fourth-order valence-corrected chi connectivity index (χ4v) is 2.23. The molecule has 7 heteroatoms. The molecular formula is C13H26N4O3. The average molecular weight is 286 g/mol. The number of amides is 1. The van der Waals surface area contributed by atoms with Crippen molar-refractivity contribution in [3.63, 3.8) is 0 Å². The van der Waals surface area contributed by atoms with Crippen molar-refractivity contribution in [2.45, 2.75) is 44.8 Å². The topological polar surface area (TPSA) is 100 Å². The van der Waals surface area contributed by atoms with E-state index in [2.05, 4.69) is 15.4 Å². The van der Waals surface area contributed by atoms with Crippen LogP contribution in [0.25, 0.3) is 0 Å². The van der Waals surface area contributed by atoms with Crippen LogP contribution < -0.4 is 11.1 Å². The minimum atomic E-state index is -0.434. The highest BCUT2D eigenvalue weighted by molar-refractivity contribution is 5.81. The quantitative estimate of drug-likeness (QED) is 0.279. The Morgan fingerprint density at radius 2 is 2.10 bits per heavy atom. The molecule has 0 bridgehead atoms. The van der Waals surface area contributed by atoms with Gasteiger partial charge in [0.2, 0.25) is 5.91 Å². The van der Waals surface area contributed by atoms with Gasteiger partial charge < -0.3 is 21.0 Å². The maximum Gasteiger partial charge on any atom is 0.223 e. The highest BCUT2D eigenvalue weighted by Gasteiger charge is 2.25. The normalized spacial score (nSPS) is 19.1. The van der Waals surface area contributed by atoms with Gasteiger partial charge in [0.05, 0.1) is 18.6 Å². The van der Waals surface area contributed by atoms with E-state index in [9.17, 15) is 4.79 Å². The van der Waals surface area contributed by atoms with Crippen LogP contribution >= 0.6 is 0 Å². The Bertz CT molecular complexity index is 350. The zero-order valence-corrected chi connectivity index (χ0v) is 12.6. The van der Waals surface area contributed by atoms with Crippen molar-refractivity contribution in [1.82, 2.24) is 10.2 Å². The number of rotatable bonds is 6. The molecule has 1 aliphatic rings. The monoisotopic (exact) mass is 286 g/mol. The number of nitrogens with zero attached hydrogens (tertiary/aromatic N) is 2. The maximum absolute atomic E-state index is 11.9. The molecule has 1 rings (SSSR count). The van der Waals surface area contributed by atoms with Crippen LogP contribution in [0.2, 0.25) is 0 Å². The third-order valence-electron chi connectivity index (χ3n) is 3.61. The number of nitrogens with two attached hydrogens (primary N) is 1. The van der Waals surface area contributed by atoms with Crippen LogP contribution in [-0.4, -0.2) is 60.2 Å². The summed E-state index contributed by atoms with van der Waals surface area (Å²) in [6.45, 7) is 5.91. The van der Waals surface area contributed by atoms with Gasteiger partial charge in [0.15, 0.2) is 5.84 Å². The molecule has 0 saturated carbocycles. The Labute approximate surface area is 120 Å². The summed E-state index contributed by atoms with van der Waals surface area (Å²) in [5, 5.41) is 14.5. The Hall–Kier alpha value is -1.34. The van der Waals surface area contributed by atoms with Crippen molar-refractivity contribution in [1.29, 1.82) is 0 Å². The van der Waals surface area contributed by atoms with Crippen LogP contribution in [0.5, 0.6) is 0 Å². The fourth-order valence-electron chi connectivity index (χ4n) is 2.23. The predicted molar refractivity (Wildman–Crippen MR) is 76.7 cm³/mol. The van der Waals surface area contributed by atoms with Gasteiger partial charge in [0.1, 0.15) is 0 Å². The van der Waals surface area contributed by atoms with E-state index >= 15 is 0 Å². The van der Waals surface area contributed by atoms with Crippen molar-refractivity contribution in [2.24, 2.45) is 10.9 Å². The van der Waals surface area contributed by atoms with E-state index < -0.39 is 5.60 Å². The minimum Gasteiger partial charge on any atom is -0.409 e. The number of likely N-dealkylation sites (tertiary alicyclic amines) is 1. The minimum absolute atomic E-state index is 0.0201. The van der Waals surface area contributed by atoms with Gasteiger partial charge in [-0.1, -0.05) is 5.16 Å². The lowest BCUT2D eigenvalue weighted by atomic mass is 10.0. The number of piperidine rings is 1. The Balaban J connectivity index is 2.30. The van der Waals surface area contributed by atoms with Gasteiger partial charge in [-0.05, 0) is 26.7 Å². The van der Waals surface area contributed by atoms with Crippen molar-refractivity contribution < 1.29 is 14.7 Å². The van der Waals surface area contributed by atoms with Crippen LogP contribution in [-0.2, 0) is 9.53 Å². The van der Waals surface area contributed by atoms with Gasteiger partial charge in [-0.2, -0.15) is 0 Å². The second-order valence-corrected chi connectivity index (χ2v) is 5.85. The molecule has 0 radical (unpaired) electrons. The molecule has 0 aliphatic carbocycles. The first-order valence-electron chi connectivity index (χ1n) is 6.89. The molecule has 1 saturated heterocycles. The highest BCUT2D eigenvalue weighted by Crippen LogP contribution is 2.14. The third kappa shape index (κ3) is 5.75. The molecule has 0 spiro atoms. The Morgan fingerprint density at radius 1 is 1.50 bits per heavy atom. The number of hydrogen-bond donors (Lipinski definition) is 3. The molecule has 0 atom stereocenters. The molecule has 1 heterocycles. The standard InChI is InChI=1S/C13H26N4O3/c1-13(2,20-3)8-12(18)15-10-4-6-17(7-5-10)9-11(14)16-19/h10,19H,4-9H2,1-3H3,(H2,14,16)(H,15,18). The lowest BCUT2D eigenvalue weighted by Gasteiger charge is -2.32. The van der Waals surface area contributed by atoms with Crippen molar-refractivity contribution >= 4 is 11.7 Å². The molecule has 7 nitrogen and oxygen atoms in total.